The summed E-state index contributed by atoms with van der Waals surface area (Å²) in [4.78, 5) is 57.3. The highest BCUT2D eigenvalue weighted by Crippen LogP contribution is 2.47. The van der Waals surface area contributed by atoms with Gasteiger partial charge in [0.15, 0.2) is 5.78 Å². The van der Waals surface area contributed by atoms with Crippen molar-refractivity contribution in [2.24, 2.45) is 5.92 Å². The molecule has 8 unspecified atom stereocenters. The Morgan fingerprint density at radius 2 is 1.76 bits per heavy atom. The Balaban J connectivity index is 1.10. The van der Waals surface area contributed by atoms with Crippen molar-refractivity contribution in [1.82, 2.24) is 30.0 Å². The minimum atomic E-state index is -1.30. The van der Waals surface area contributed by atoms with Gasteiger partial charge >= 0.3 is 6.09 Å². The number of carbonyl (C=O) groups is 3. The van der Waals surface area contributed by atoms with Crippen LogP contribution in [-0.2, 0) is 19.1 Å². The molecule has 1 aromatic heterocycles. The van der Waals surface area contributed by atoms with E-state index >= 15 is 4.39 Å². The second-order valence-electron chi connectivity index (χ2n) is 14.6. The molecule has 0 aromatic carbocycles. The van der Waals surface area contributed by atoms with Crippen LogP contribution in [0.1, 0.15) is 59.3 Å². The van der Waals surface area contributed by atoms with Gasteiger partial charge in [-0.25, -0.2) is 19.2 Å². The normalized spacial score (nSPS) is 34.8. The third-order valence-electron chi connectivity index (χ3n) is 10.5. The number of Topliss-reactive ketones (excluding diaryl/α,β-unsaturated/α-hetero) is 1. The zero-order valence-corrected chi connectivity index (χ0v) is 27.0. The number of amides is 2. The smallest absolute Gasteiger partial charge is 0.407 e. The highest BCUT2D eigenvalue weighted by atomic mass is 19.1. The number of aromatic nitrogens is 2. The molecule has 12 nitrogen and oxygen atoms in total. The van der Waals surface area contributed by atoms with E-state index in [1.54, 1.807) is 23.4 Å². The van der Waals surface area contributed by atoms with Gasteiger partial charge in [0.1, 0.15) is 11.8 Å². The van der Waals surface area contributed by atoms with E-state index in [2.05, 4.69) is 25.1 Å². The number of halogens is 1. The SMILES string of the molecule is CC(C)(C)OC(=O)NC1CCN(C2C(F)CC3C(=O)C(C(=O)N4CCN(c5ncccn5)CC4)=CN4C5CCCCC5OC2C34)C1. The van der Waals surface area contributed by atoms with E-state index in [0.717, 1.165) is 25.7 Å². The highest BCUT2D eigenvalue weighted by Gasteiger charge is 2.60. The molecule has 0 bridgehead atoms. The van der Waals surface area contributed by atoms with Crippen molar-refractivity contribution in [3.63, 3.8) is 0 Å². The van der Waals surface area contributed by atoms with Gasteiger partial charge in [-0.2, -0.15) is 0 Å². The Morgan fingerprint density at radius 1 is 1.02 bits per heavy atom. The number of fused-ring (bicyclic) bond motifs is 2. The lowest BCUT2D eigenvalue weighted by molar-refractivity contribution is -0.210. The lowest BCUT2D eigenvalue weighted by Crippen LogP contribution is -2.73. The maximum absolute atomic E-state index is 16.4. The van der Waals surface area contributed by atoms with E-state index in [-0.39, 0.29) is 47.9 Å². The molecule has 46 heavy (non-hydrogen) atoms. The average Bonchev–Trinajstić information content (AvgIpc) is 3.48. The van der Waals surface area contributed by atoms with Gasteiger partial charge in [0.25, 0.3) is 5.91 Å². The zero-order valence-electron chi connectivity index (χ0n) is 27.0. The van der Waals surface area contributed by atoms with Crippen LogP contribution >= 0.6 is 0 Å². The van der Waals surface area contributed by atoms with Crippen LogP contribution in [0.4, 0.5) is 15.1 Å². The number of nitrogens with zero attached hydrogens (tertiary/aromatic N) is 6. The van der Waals surface area contributed by atoms with Gasteiger partial charge < -0.3 is 29.5 Å². The monoisotopic (exact) mass is 639 g/mol. The molecule has 1 N–H and O–H groups in total. The first-order chi connectivity index (χ1) is 22.1. The molecule has 5 fully saturated rings. The lowest BCUT2D eigenvalue weighted by atomic mass is 9.69. The third-order valence-corrected chi connectivity index (χ3v) is 10.5. The maximum Gasteiger partial charge on any atom is 0.407 e. The van der Waals surface area contributed by atoms with Crippen LogP contribution in [-0.4, -0.2) is 130 Å². The molecule has 7 rings (SSSR count). The number of carbonyl (C=O) groups excluding carboxylic acids is 3. The van der Waals surface area contributed by atoms with Crippen LogP contribution in [0.15, 0.2) is 30.2 Å². The minimum absolute atomic E-state index is 0.0479. The summed E-state index contributed by atoms with van der Waals surface area (Å²) in [5.74, 6) is -0.570. The topological polar surface area (TPSA) is 120 Å². The molecule has 6 aliphatic rings. The molecule has 13 heteroatoms. The average molecular weight is 640 g/mol. The Morgan fingerprint density at radius 3 is 2.50 bits per heavy atom. The van der Waals surface area contributed by atoms with Crippen molar-refractivity contribution >= 4 is 23.7 Å². The van der Waals surface area contributed by atoms with E-state index in [9.17, 15) is 14.4 Å². The van der Waals surface area contributed by atoms with Crippen LogP contribution in [0.2, 0.25) is 0 Å². The van der Waals surface area contributed by atoms with Gasteiger partial charge in [-0.05, 0) is 52.5 Å². The number of ether oxygens (including phenoxy) is 2. The predicted octanol–water partition coefficient (Wildman–Crippen LogP) is 2.30. The number of likely N-dealkylation sites (tertiary alicyclic amines) is 1. The van der Waals surface area contributed by atoms with E-state index in [1.165, 1.54) is 0 Å². The summed E-state index contributed by atoms with van der Waals surface area (Å²) in [6.07, 6.45) is 7.44. The van der Waals surface area contributed by atoms with Gasteiger partial charge in [0, 0.05) is 69.8 Å². The molecule has 3 saturated heterocycles. The first-order valence-corrected chi connectivity index (χ1v) is 17.0. The molecular weight excluding hydrogens is 593 g/mol. The first-order valence-electron chi connectivity index (χ1n) is 17.0. The molecule has 2 amide bonds. The summed E-state index contributed by atoms with van der Waals surface area (Å²) in [5.41, 5.74) is -0.433. The first kappa shape index (κ1) is 31.3. The Labute approximate surface area is 269 Å². The van der Waals surface area contributed by atoms with Crippen molar-refractivity contribution in [1.29, 1.82) is 0 Å². The standard InChI is InChI=1S/C33H46FN7O5/c1-33(2,3)46-32(44)37-20-9-12-40(18-20)27-23(34)17-21-26-29(27)45-25-8-5-4-7-24(25)41(26)19-22(28(21)42)30(43)38-13-15-39(16-14-38)31-35-10-6-11-36-31/h6,10-11,19-21,23-27,29H,4-5,7-9,12-18H2,1-3H3,(H,37,44). The predicted molar refractivity (Wildman–Crippen MR) is 167 cm³/mol. The van der Waals surface area contributed by atoms with Gasteiger partial charge in [-0.15, -0.1) is 0 Å². The van der Waals surface area contributed by atoms with Gasteiger partial charge in [0.2, 0.25) is 5.95 Å². The summed E-state index contributed by atoms with van der Waals surface area (Å²) in [6, 6.07) is 0.797. The van der Waals surface area contributed by atoms with Crippen molar-refractivity contribution < 1.29 is 28.2 Å². The summed E-state index contributed by atoms with van der Waals surface area (Å²) < 4.78 is 28.7. The van der Waals surface area contributed by atoms with Crippen molar-refractivity contribution in [3.8, 4) is 0 Å². The van der Waals surface area contributed by atoms with E-state index in [4.69, 9.17) is 9.47 Å². The number of anilines is 1. The molecule has 2 saturated carbocycles. The molecule has 0 radical (unpaired) electrons. The number of piperazine rings is 1. The largest absolute Gasteiger partial charge is 0.444 e. The third kappa shape index (κ3) is 5.96. The Hall–Kier alpha value is -3.32. The number of rotatable bonds is 4. The van der Waals surface area contributed by atoms with Crippen molar-refractivity contribution in [3.05, 3.63) is 30.2 Å². The summed E-state index contributed by atoms with van der Waals surface area (Å²) in [5, 5.41) is 2.95. The number of nitrogens with one attached hydrogen (secondary N) is 1. The molecule has 0 spiro atoms. The fourth-order valence-electron chi connectivity index (χ4n) is 8.53. The number of morpholine rings is 1. The number of hydrogen-bond donors (Lipinski definition) is 1. The summed E-state index contributed by atoms with van der Waals surface area (Å²) >= 11 is 0. The quantitative estimate of drug-likeness (QED) is 0.492. The second kappa shape index (κ2) is 12.4. The van der Waals surface area contributed by atoms with Gasteiger partial charge in [-0.1, -0.05) is 12.8 Å². The molecular formula is C33H46FN7O5. The maximum atomic E-state index is 16.4. The summed E-state index contributed by atoms with van der Waals surface area (Å²) in [6.45, 7) is 8.63. The molecule has 250 valence electrons. The number of ketones is 1. The number of alkyl carbamates (subject to hydrolysis) is 1. The van der Waals surface area contributed by atoms with E-state index < -0.39 is 35.9 Å². The number of alkyl halides is 1. The molecule has 5 heterocycles. The van der Waals surface area contributed by atoms with Crippen LogP contribution < -0.4 is 10.2 Å². The van der Waals surface area contributed by atoms with E-state index in [0.29, 0.717) is 51.6 Å². The lowest BCUT2D eigenvalue weighted by Gasteiger charge is -2.60. The molecule has 8 atom stereocenters. The molecule has 1 aromatic rings. The fraction of sp³-hybridized carbons (Fsp3) is 0.727. The van der Waals surface area contributed by atoms with Gasteiger partial charge in [-0.3, -0.25) is 14.5 Å². The van der Waals surface area contributed by atoms with Crippen molar-refractivity contribution in [2.45, 2.75) is 107 Å². The Bertz CT molecular complexity index is 1350. The van der Waals surface area contributed by atoms with Gasteiger partial charge in [0.05, 0.1) is 35.9 Å². The number of hydrogen-bond acceptors (Lipinski definition) is 10. The molecule has 4 aliphatic heterocycles. The second-order valence-corrected chi connectivity index (χ2v) is 14.6. The van der Waals surface area contributed by atoms with Crippen LogP contribution in [0.25, 0.3) is 0 Å². The van der Waals surface area contributed by atoms with Crippen LogP contribution in [0.3, 0.4) is 0 Å². The summed E-state index contributed by atoms with van der Waals surface area (Å²) in [7, 11) is 0. The van der Waals surface area contributed by atoms with E-state index in [1.807, 2.05) is 31.9 Å². The minimum Gasteiger partial charge on any atom is -0.444 e. The van der Waals surface area contributed by atoms with Crippen molar-refractivity contribution in [2.75, 3.05) is 44.2 Å². The highest BCUT2D eigenvalue weighted by molar-refractivity contribution is 6.20. The Kier molecular flexibility index (Phi) is 8.41. The molecule has 2 aliphatic carbocycles. The zero-order chi connectivity index (χ0) is 32.2. The van der Waals surface area contributed by atoms with Crippen LogP contribution in [0, 0.1) is 5.92 Å². The fourth-order valence-corrected chi connectivity index (χ4v) is 8.53. The van der Waals surface area contributed by atoms with Crippen LogP contribution in [0.5, 0.6) is 0 Å².